The van der Waals surface area contributed by atoms with Crippen molar-refractivity contribution in [3.8, 4) is 0 Å². The van der Waals surface area contributed by atoms with E-state index >= 15 is 0 Å². The predicted molar refractivity (Wildman–Crippen MR) is 70.0 cm³/mol. The number of unbranched alkanes of at least 4 members (excludes halogenated alkanes) is 1. The first-order valence-corrected chi connectivity index (χ1v) is 6.35. The van der Waals surface area contributed by atoms with Crippen LogP contribution in [0.15, 0.2) is 30.3 Å². The van der Waals surface area contributed by atoms with Crippen LogP contribution in [-0.4, -0.2) is 13.1 Å². The van der Waals surface area contributed by atoms with Gasteiger partial charge in [0.2, 0.25) is 0 Å². The predicted octanol–water partition coefficient (Wildman–Crippen LogP) is 3.70. The van der Waals surface area contributed by atoms with Gasteiger partial charge in [0, 0.05) is 0 Å². The van der Waals surface area contributed by atoms with Crippen molar-refractivity contribution < 1.29 is 9.53 Å². The Morgan fingerprint density at radius 3 is 2.35 bits per heavy atom. The molecule has 0 bridgehead atoms. The van der Waals surface area contributed by atoms with E-state index in [2.05, 4.69) is 13.8 Å². The van der Waals surface area contributed by atoms with E-state index in [0.717, 1.165) is 31.2 Å². The smallest absolute Gasteiger partial charge is 0.316 e. The van der Waals surface area contributed by atoms with E-state index in [-0.39, 0.29) is 5.97 Å². The van der Waals surface area contributed by atoms with Gasteiger partial charge in [0.05, 0.1) is 12.5 Å². The van der Waals surface area contributed by atoms with E-state index < -0.39 is 5.41 Å². The van der Waals surface area contributed by atoms with Crippen molar-refractivity contribution in [1.82, 2.24) is 0 Å². The Morgan fingerprint density at radius 1 is 1.24 bits per heavy atom. The van der Waals surface area contributed by atoms with Crippen LogP contribution in [0.2, 0.25) is 0 Å². The average molecular weight is 234 g/mol. The molecular formula is C15H22O2. The van der Waals surface area contributed by atoms with Gasteiger partial charge in [-0.15, -0.1) is 0 Å². The van der Waals surface area contributed by atoms with Gasteiger partial charge in [0.1, 0.15) is 0 Å². The second kappa shape index (κ2) is 6.43. The zero-order chi connectivity index (χ0) is 12.7. The summed E-state index contributed by atoms with van der Waals surface area (Å²) in [6.45, 7) is 4.20. The van der Waals surface area contributed by atoms with Crippen LogP contribution in [-0.2, 0) is 14.9 Å². The molecule has 0 fully saturated rings. The second-order valence-corrected chi connectivity index (χ2v) is 4.40. The number of carbonyl (C=O) groups excluding carboxylic acids is 1. The largest absolute Gasteiger partial charge is 0.468 e. The highest BCUT2D eigenvalue weighted by Crippen LogP contribution is 2.34. The maximum Gasteiger partial charge on any atom is 0.316 e. The summed E-state index contributed by atoms with van der Waals surface area (Å²) in [6, 6.07) is 9.98. The van der Waals surface area contributed by atoms with Crippen molar-refractivity contribution in [1.29, 1.82) is 0 Å². The van der Waals surface area contributed by atoms with Crippen LogP contribution >= 0.6 is 0 Å². The van der Waals surface area contributed by atoms with E-state index in [4.69, 9.17) is 4.74 Å². The van der Waals surface area contributed by atoms with Crippen molar-refractivity contribution in [2.24, 2.45) is 0 Å². The summed E-state index contributed by atoms with van der Waals surface area (Å²) in [4.78, 5) is 12.1. The lowest BCUT2D eigenvalue weighted by Gasteiger charge is -2.30. The molecular weight excluding hydrogens is 212 g/mol. The molecule has 1 atom stereocenters. The third kappa shape index (κ3) is 2.87. The van der Waals surface area contributed by atoms with Crippen LogP contribution in [0.4, 0.5) is 0 Å². The summed E-state index contributed by atoms with van der Waals surface area (Å²) in [5, 5.41) is 0. The second-order valence-electron chi connectivity index (χ2n) is 4.40. The fourth-order valence-electron chi connectivity index (χ4n) is 2.32. The zero-order valence-corrected chi connectivity index (χ0v) is 11.0. The topological polar surface area (TPSA) is 26.3 Å². The number of rotatable bonds is 6. The van der Waals surface area contributed by atoms with Crippen LogP contribution < -0.4 is 0 Å². The Balaban J connectivity index is 3.11. The van der Waals surface area contributed by atoms with E-state index in [0.29, 0.717) is 0 Å². The van der Waals surface area contributed by atoms with Gasteiger partial charge in [-0.2, -0.15) is 0 Å². The Morgan fingerprint density at radius 2 is 1.88 bits per heavy atom. The number of benzene rings is 1. The minimum atomic E-state index is -0.466. The summed E-state index contributed by atoms with van der Waals surface area (Å²) in [7, 11) is 1.47. The van der Waals surface area contributed by atoms with E-state index in [1.807, 2.05) is 30.3 Å². The molecule has 2 heteroatoms. The molecule has 0 heterocycles. The SMILES string of the molecule is CCCCC(CC)(C(=O)OC)c1ccccc1. The molecule has 1 aromatic carbocycles. The van der Waals surface area contributed by atoms with E-state index in [9.17, 15) is 4.79 Å². The molecule has 0 radical (unpaired) electrons. The number of ether oxygens (including phenoxy) is 1. The molecule has 0 aliphatic rings. The van der Waals surface area contributed by atoms with Gasteiger partial charge in [0.25, 0.3) is 0 Å². The molecule has 1 rings (SSSR count). The van der Waals surface area contributed by atoms with Gasteiger partial charge in [-0.25, -0.2) is 0 Å². The molecule has 0 saturated heterocycles. The molecule has 2 nitrogen and oxygen atoms in total. The molecule has 1 aromatic rings. The lowest BCUT2D eigenvalue weighted by Crippen LogP contribution is -2.36. The van der Waals surface area contributed by atoms with Crippen molar-refractivity contribution >= 4 is 5.97 Å². The van der Waals surface area contributed by atoms with Crippen LogP contribution in [0.25, 0.3) is 0 Å². The summed E-state index contributed by atoms with van der Waals surface area (Å²) >= 11 is 0. The fourth-order valence-corrected chi connectivity index (χ4v) is 2.32. The average Bonchev–Trinajstić information content (AvgIpc) is 2.41. The molecule has 0 aliphatic heterocycles. The van der Waals surface area contributed by atoms with Gasteiger partial charge in [-0.3, -0.25) is 4.79 Å². The normalized spacial score (nSPS) is 14.1. The van der Waals surface area contributed by atoms with Crippen LogP contribution in [0.5, 0.6) is 0 Å². The molecule has 0 saturated carbocycles. The monoisotopic (exact) mass is 234 g/mol. The number of hydrogen-bond acceptors (Lipinski definition) is 2. The summed E-state index contributed by atoms with van der Waals surface area (Å²) < 4.78 is 5.02. The number of methoxy groups -OCH3 is 1. The first-order valence-electron chi connectivity index (χ1n) is 6.35. The standard InChI is InChI=1S/C15H22O2/c1-4-6-12-15(5-2,14(16)17-3)13-10-8-7-9-11-13/h7-11H,4-6,12H2,1-3H3. The first kappa shape index (κ1) is 13.8. The van der Waals surface area contributed by atoms with Crippen LogP contribution in [0.3, 0.4) is 0 Å². The number of hydrogen-bond donors (Lipinski definition) is 0. The Labute approximate surface area is 104 Å². The lowest BCUT2D eigenvalue weighted by molar-refractivity contribution is -0.148. The zero-order valence-electron chi connectivity index (χ0n) is 11.0. The van der Waals surface area contributed by atoms with E-state index in [1.165, 1.54) is 7.11 Å². The van der Waals surface area contributed by atoms with Gasteiger partial charge in [0.15, 0.2) is 0 Å². The number of carbonyl (C=O) groups is 1. The molecule has 0 spiro atoms. The molecule has 0 aliphatic carbocycles. The lowest BCUT2D eigenvalue weighted by atomic mass is 9.74. The molecule has 17 heavy (non-hydrogen) atoms. The maximum atomic E-state index is 12.1. The Kier molecular flexibility index (Phi) is 5.20. The van der Waals surface area contributed by atoms with Crippen molar-refractivity contribution in [2.45, 2.75) is 44.9 Å². The molecule has 1 unspecified atom stereocenters. The van der Waals surface area contributed by atoms with Gasteiger partial charge in [-0.1, -0.05) is 57.0 Å². The fraction of sp³-hybridized carbons (Fsp3) is 0.533. The van der Waals surface area contributed by atoms with Crippen molar-refractivity contribution in [2.75, 3.05) is 7.11 Å². The van der Waals surface area contributed by atoms with Crippen LogP contribution in [0, 0.1) is 0 Å². The maximum absolute atomic E-state index is 12.1. The highest BCUT2D eigenvalue weighted by Gasteiger charge is 2.38. The van der Waals surface area contributed by atoms with Gasteiger partial charge < -0.3 is 4.74 Å². The van der Waals surface area contributed by atoms with Crippen molar-refractivity contribution in [3.05, 3.63) is 35.9 Å². The Hall–Kier alpha value is -1.31. The third-order valence-electron chi connectivity index (χ3n) is 3.46. The minimum Gasteiger partial charge on any atom is -0.468 e. The Bertz CT molecular complexity index is 345. The third-order valence-corrected chi connectivity index (χ3v) is 3.46. The number of esters is 1. The van der Waals surface area contributed by atoms with Gasteiger partial charge >= 0.3 is 5.97 Å². The highest BCUT2D eigenvalue weighted by molar-refractivity contribution is 5.83. The molecule has 0 N–H and O–H groups in total. The minimum absolute atomic E-state index is 0.111. The van der Waals surface area contributed by atoms with Gasteiger partial charge in [-0.05, 0) is 18.4 Å². The van der Waals surface area contributed by atoms with E-state index in [1.54, 1.807) is 0 Å². The highest BCUT2D eigenvalue weighted by atomic mass is 16.5. The molecule has 0 aromatic heterocycles. The first-order chi connectivity index (χ1) is 8.21. The molecule has 0 amide bonds. The quantitative estimate of drug-likeness (QED) is 0.701. The summed E-state index contributed by atoms with van der Waals surface area (Å²) in [6.07, 6.45) is 3.77. The molecule has 94 valence electrons. The summed E-state index contributed by atoms with van der Waals surface area (Å²) in [5.74, 6) is -0.111. The summed E-state index contributed by atoms with van der Waals surface area (Å²) in [5.41, 5.74) is 0.606. The van der Waals surface area contributed by atoms with Crippen LogP contribution in [0.1, 0.15) is 45.1 Å². The van der Waals surface area contributed by atoms with Crippen molar-refractivity contribution in [3.63, 3.8) is 0 Å².